The zero-order chi connectivity index (χ0) is 23.3. The molecular formula is C24H30N3O5P. The first-order valence-electron chi connectivity index (χ1n) is 11.1. The minimum atomic E-state index is -3.37. The van der Waals surface area contributed by atoms with Gasteiger partial charge in [0.2, 0.25) is 0 Å². The van der Waals surface area contributed by atoms with Gasteiger partial charge in [0, 0.05) is 6.42 Å². The Kier molecular flexibility index (Phi) is 7.28. The fourth-order valence-electron chi connectivity index (χ4n) is 3.90. The molecule has 0 spiro atoms. The van der Waals surface area contributed by atoms with Crippen molar-refractivity contribution in [3.05, 3.63) is 65.9 Å². The number of hydrogen-bond acceptors (Lipinski definition) is 5. The molecule has 8 nitrogen and oxygen atoms in total. The maximum absolute atomic E-state index is 12.1. The van der Waals surface area contributed by atoms with Crippen LogP contribution in [0.5, 0.6) is 5.75 Å². The number of aromatic amines is 1. The van der Waals surface area contributed by atoms with E-state index in [9.17, 15) is 14.5 Å². The number of carbonyl (C=O) groups is 2. The van der Waals surface area contributed by atoms with Gasteiger partial charge >= 0.3 is 176 Å². The van der Waals surface area contributed by atoms with Gasteiger partial charge in [-0.25, -0.2) is 0 Å². The summed E-state index contributed by atoms with van der Waals surface area (Å²) in [6.07, 6.45) is 3.88. The molecule has 3 aromatic rings. The molecule has 2 heterocycles. The van der Waals surface area contributed by atoms with Crippen LogP contribution in [0.4, 0.5) is 0 Å². The molecule has 1 fully saturated rings. The van der Waals surface area contributed by atoms with Gasteiger partial charge in [0.25, 0.3) is 0 Å². The monoisotopic (exact) mass is 471 g/mol. The molecule has 0 atom stereocenters. The van der Waals surface area contributed by atoms with Crippen LogP contribution in [-0.4, -0.2) is 52.9 Å². The van der Waals surface area contributed by atoms with Crippen LogP contribution >= 0.6 is 7.94 Å². The van der Waals surface area contributed by atoms with Gasteiger partial charge in [0.05, 0.1) is 0 Å². The second-order valence-electron chi connectivity index (χ2n) is 8.31. The van der Waals surface area contributed by atoms with Gasteiger partial charge in [-0.05, 0) is 6.42 Å². The van der Waals surface area contributed by atoms with Crippen LogP contribution in [0.3, 0.4) is 0 Å². The van der Waals surface area contributed by atoms with Crippen molar-refractivity contribution in [3.8, 4) is 5.75 Å². The molecule has 1 aliphatic heterocycles. The topological polar surface area (TPSA) is 104 Å². The molecule has 176 valence electrons. The summed E-state index contributed by atoms with van der Waals surface area (Å²) >= 11 is 0. The van der Waals surface area contributed by atoms with Crippen molar-refractivity contribution < 1.29 is 23.5 Å². The number of carbonyl (C=O) groups excluding carboxylic acids is 2. The molecule has 1 aliphatic rings. The fourth-order valence-corrected chi connectivity index (χ4v) is 4.96. The van der Waals surface area contributed by atoms with E-state index in [2.05, 4.69) is 10.3 Å². The van der Waals surface area contributed by atoms with E-state index in [1.807, 2.05) is 48.7 Å². The summed E-state index contributed by atoms with van der Waals surface area (Å²) < 4.78 is 11.5. The summed E-state index contributed by atoms with van der Waals surface area (Å²) in [6, 6.07) is 15.2. The van der Waals surface area contributed by atoms with E-state index in [1.165, 1.54) is 0 Å². The number of H-pyrrole nitrogens is 1. The molecule has 0 radical (unpaired) electrons. The average molecular weight is 471 g/mol. The number of benzene rings is 2. The molecule has 2 aromatic carbocycles. The maximum atomic E-state index is 12.1. The van der Waals surface area contributed by atoms with Crippen molar-refractivity contribution in [2.24, 2.45) is 0 Å². The van der Waals surface area contributed by atoms with Gasteiger partial charge < -0.3 is 0 Å². The number of aromatic nitrogens is 1. The minimum absolute atomic E-state index is 0.0430. The van der Waals surface area contributed by atoms with E-state index >= 15 is 0 Å². The summed E-state index contributed by atoms with van der Waals surface area (Å²) in [7, 11) is -3.37. The van der Waals surface area contributed by atoms with Crippen LogP contribution in [0, 0.1) is 0 Å². The third kappa shape index (κ3) is 6.32. The summed E-state index contributed by atoms with van der Waals surface area (Å²) in [4.78, 5) is 39.3. The summed E-state index contributed by atoms with van der Waals surface area (Å²) in [6.45, 7) is 3.11. The molecule has 3 N–H and O–H groups in total. The number of hydrogen-bond donors (Lipinski definition) is 3. The third-order valence-electron chi connectivity index (χ3n) is 5.62. The quantitative estimate of drug-likeness (QED) is 0.394. The Morgan fingerprint density at radius 2 is 2.06 bits per heavy atom. The summed E-state index contributed by atoms with van der Waals surface area (Å²) in [5.74, 6) is 0.429. The third-order valence-corrected chi connectivity index (χ3v) is 6.91. The second-order valence-corrected chi connectivity index (χ2v) is 10.6. The van der Waals surface area contributed by atoms with Crippen molar-refractivity contribution in [3.63, 3.8) is 0 Å². The molecule has 2 amide bonds. The number of rotatable bonds is 10. The van der Waals surface area contributed by atoms with Gasteiger partial charge in [-0.2, -0.15) is 0 Å². The standard InChI is InChI=1S/C24H30N3O5P/c1-33(30,31-17-18-6-3-2-4-7-18)32-20-9-10-22-21(14-20)19(15-26-22)11-12-25-23(28)16-27-13-5-8-24(27)29/h2-4,6-7,9-10,14-15,26,30,33H,5,8,11-13,16-17H2,1H3,(H,25,28). The zero-order valence-corrected chi connectivity index (χ0v) is 19.7. The Hall–Kier alpha value is -2.93. The Bertz CT molecular complexity index is 1120. The predicted octanol–water partition coefficient (Wildman–Crippen LogP) is 3.16. The molecule has 1 aromatic heterocycles. The van der Waals surface area contributed by atoms with Crippen LogP contribution in [0.15, 0.2) is 54.7 Å². The van der Waals surface area contributed by atoms with Gasteiger partial charge in [-0.15, -0.1) is 0 Å². The van der Waals surface area contributed by atoms with Crippen LogP contribution in [-0.2, 0) is 27.1 Å². The molecule has 0 saturated carbocycles. The number of nitrogens with zero attached hydrogens (tertiary/aromatic N) is 1. The second kappa shape index (κ2) is 10.3. The van der Waals surface area contributed by atoms with E-state index in [4.69, 9.17) is 9.05 Å². The van der Waals surface area contributed by atoms with E-state index in [1.54, 1.807) is 17.6 Å². The van der Waals surface area contributed by atoms with Crippen LogP contribution < -0.4 is 9.84 Å². The normalized spacial score (nSPS) is 14.6. The van der Waals surface area contributed by atoms with Gasteiger partial charge in [-0.3, -0.25) is 4.79 Å². The fraction of sp³-hybridized carbons (Fsp3) is 0.333. The average Bonchev–Trinajstić information content (AvgIpc) is 3.38. The molecule has 0 bridgehead atoms. The summed E-state index contributed by atoms with van der Waals surface area (Å²) in [5, 5.41) is 3.85. The molecule has 9 heteroatoms. The Balaban J connectivity index is 1.32. The molecule has 0 aliphatic carbocycles. The van der Waals surface area contributed by atoms with E-state index in [0.717, 1.165) is 28.5 Å². The SMILES string of the molecule is C[PH](O)(OCc1ccccc1)Oc1ccc2[nH]cc(CCNC(=O)CN3CCCC3=O)c2c1. The van der Waals surface area contributed by atoms with Gasteiger partial charge in [-0.1, -0.05) is 0 Å². The van der Waals surface area contributed by atoms with Crippen molar-refractivity contribution in [1.29, 1.82) is 0 Å². The number of likely N-dealkylation sites (tertiary alicyclic amines) is 1. The van der Waals surface area contributed by atoms with Crippen LogP contribution in [0.2, 0.25) is 0 Å². The number of amides is 2. The van der Waals surface area contributed by atoms with Crippen molar-refractivity contribution in [2.75, 3.05) is 26.3 Å². The first-order valence-corrected chi connectivity index (χ1v) is 13.4. The van der Waals surface area contributed by atoms with Crippen molar-refractivity contribution >= 4 is 30.7 Å². The summed E-state index contributed by atoms with van der Waals surface area (Å²) in [5.41, 5.74) is 2.94. The van der Waals surface area contributed by atoms with Crippen molar-refractivity contribution in [2.45, 2.75) is 25.9 Å². The van der Waals surface area contributed by atoms with Gasteiger partial charge in [0.15, 0.2) is 0 Å². The van der Waals surface area contributed by atoms with Gasteiger partial charge in [0.1, 0.15) is 0 Å². The van der Waals surface area contributed by atoms with E-state index in [0.29, 0.717) is 31.7 Å². The van der Waals surface area contributed by atoms with E-state index < -0.39 is 7.94 Å². The Morgan fingerprint density at radius 1 is 1.24 bits per heavy atom. The van der Waals surface area contributed by atoms with E-state index in [-0.39, 0.29) is 25.0 Å². The zero-order valence-electron chi connectivity index (χ0n) is 18.7. The molecule has 4 rings (SSSR count). The predicted molar refractivity (Wildman–Crippen MR) is 129 cm³/mol. The first kappa shape index (κ1) is 23.2. The van der Waals surface area contributed by atoms with Crippen LogP contribution in [0.25, 0.3) is 10.9 Å². The molecule has 0 unspecified atom stereocenters. The number of nitrogens with one attached hydrogen (secondary N) is 2. The molecular weight excluding hydrogens is 441 g/mol. The Morgan fingerprint density at radius 3 is 2.82 bits per heavy atom. The number of fused-ring (bicyclic) bond motifs is 1. The molecule has 33 heavy (non-hydrogen) atoms. The first-order chi connectivity index (χ1) is 15.9. The van der Waals surface area contributed by atoms with Crippen LogP contribution in [0.1, 0.15) is 24.0 Å². The molecule has 1 saturated heterocycles. The van der Waals surface area contributed by atoms with Crippen molar-refractivity contribution in [1.82, 2.24) is 15.2 Å². The Labute approximate surface area is 193 Å².